The molecule has 12 heavy (non-hydrogen) atoms. The van der Waals surface area contributed by atoms with Gasteiger partial charge in [0.1, 0.15) is 0 Å². The third kappa shape index (κ3) is 4.21. The summed E-state index contributed by atoms with van der Waals surface area (Å²) in [6.45, 7) is 6.98. The standard InChI is InChI=1S/C9H19NO2/c1-4-7(3)8(5-2)6-10-9(11)12/h7-8,10H,4-6H2,1-3H3,(H,11,12). The van der Waals surface area contributed by atoms with Gasteiger partial charge in [0, 0.05) is 6.54 Å². The Morgan fingerprint density at radius 3 is 2.33 bits per heavy atom. The molecule has 0 aliphatic rings. The van der Waals surface area contributed by atoms with Gasteiger partial charge in [0.25, 0.3) is 0 Å². The highest BCUT2D eigenvalue weighted by molar-refractivity contribution is 5.64. The Hall–Kier alpha value is -0.730. The van der Waals surface area contributed by atoms with E-state index in [1.54, 1.807) is 0 Å². The molecule has 0 saturated heterocycles. The second-order valence-electron chi connectivity index (χ2n) is 3.24. The van der Waals surface area contributed by atoms with Crippen molar-refractivity contribution in [3.8, 4) is 0 Å². The lowest BCUT2D eigenvalue weighted by Gasteiger charge is -2.20. The van der Waals surface area contributed by atoms with Crippen LogP contribution in [0, 0.1) is 11.8 Å². The normalized spacial score (nSPS) is 15.2. The summed E-state index contributed by atoms with van der Waals surface area (Å²) >= 11 is 0. The Kier molecular flexibility index (Phi) is 5.51. The van der Waals surface area contributed by atoms with Crippen LogP contribution in [0.25, 0.3) is 0 Å². The Labute approximate surface area is 74.2 Å². The molecule has 2 atom stereocenters. The first-order valence-electron chi connectivity index (χ1n) is 4.58. The summed E-state index contributed by atoms with van der Waals surface area (Å²) in [4.78, 5) is 10.2. The molecule has 0 aromatic rings. The number of hydrogen-bond acceptors (Lipinski definition) is 1. The van der Waals surface area contributed by atoms with Gasteiger partial charge in [0.15, 0.2) is 0 Å². The van der Waals surface area contributed by atoms with E-state index in [0.29, 0.717) is 18.4 Å². The van der Waals surface area contributed by atoms with E-state index in [4.69, 9.17) is 5.11 Å². The van der Waals surface area contributed by atoms with Crippen LogP contribution in [-0.4, -0.2) is 17.7 Å². The number of rotatable bonds is 5. The monoisotopic (exact) mass is 173 g/mol. The lowest BCUT2D eigenvalue weighted by Crippen LogP contribution is -2.30. The maximum atomic E-state index is 10.2. The van der Waals surface area contributed by atoms with Crippen molar-refractivity contribution in [3.05, 3.63) is 0 Å². The summed E-state index contributed by atoms with van der Waals surface area (Å²) in [6.07, 6.45) is 1.23. The summed E-state index contributed by atoms with van der Waals surface area (Å²) < 4.78 is 0. The maximum Gasteiger partial charge on any atom is 0.404 e. The zero-order chi connectivity index (χ0) is 9.56. The molecule has 0 heterocycles. The van der Waals surface area contributed by atoms with Gasteiger partial charge in [-0.25, -0.2) is 4.79 Å². The van der Waals surface area contributed by atoms with E-state index < -0.39 is 6.09 Å². The van der Waals surface area contributed by atoms with E-state index >= 15 is 0 Å². The number of hydrogen-bond donors (Lipinski definition) is 2. The Morgan fingerprint density at radius 1 is 1.42 bits per heavy atom. The van der Waals surface area contributed by atoms with Crippen LogP contribution in [0.5, 0.6) is 0 Å². The molecule has 3 nitrogen and oxygen atoms in total. The van der Waals surface area contributed by atoms with Crippen molar-refractivity contribution in [2.45, 2.75) is 33.6 Å². The molecular formula is C9H19NO2. The van der Waals surface area contributed by atoms with Crippen LogP contribution < -0.4 is 5.32 Å². The molecule has 0 saturated carbocycles. The number of carboxylic acid groups (broad SMARTS) is 1. The molecule has 0 spiro atoms. The minimum absolute atomic E-state index is 0.478. The summed E-state index contributed by atoms with van der Waals surface area (Å²) in [5, 5.41) is 10.8. The Morgan fingerprint density at radius 2 is 2.00 bits per heavy atom. The number of amides is 1. The summed E-state index contributed by atoms with van der Waals surface area (Å²) in [5.41, 5.74) is 0. The highest BCUT2D eigenvalue weighted by Crippen LogP contribution is 2.17. The van der Waals surface area contributed by atoms with E-state index in [-0.39, 0.29) is 0 Å². The highest BCUT2D eigenvalue weighted by Gasteiger charge is 2.13. The summed E-state index contributed by atoms with van der Waals surface area (Å²) in [7, 11) is 0. The molecule has 0 radical (unpaired) electrons. The van der Waals surface area contributed by atoms with Crippen molar-refractivity contribution >= 4 is 6.09 Å². The molecule has 0 aliphatic carbocycles. The Bertz CT molecular complexity index is 136. The van der Waals surface area contributed by atoms with E-state index in [1.165, 1.54) is 0 Å². The molecule has 0 aliphatic heterocycles. The zero-order valence-corrected chi connectivity index (χ0v) is 8.13. The quantitative estimate of drug-likeness (QED) is 0.670. The number of carbonyl (C=O) groups is 1. The fraction of sp³-hybridized carbons (Fsp3) is 0.889. The molecule has 2 unspecified atom stereocenters. The van der Waals surface area contributed by atoms with Crippen LogP contribution >= 0.6 is 0 Å². The van der Waals surface area contributed by atoms with Crippen molar-refractivity contribution in [3.63, 3.8) is 0 Å². The van der Waals surface area contributed by atoms with Gasteiger partial charge in [-0.2, -0.15) is 0 Å². The van der Waals surface area contributed by atoms with Gasteiger partial charge in [-0.15, -0.1) is 0 Å². The average Bonchev–Trinajstić information content (AvgIpc) is 2.04. The van der Waals surface area contributed by atoms with E-state index in [2.05, 4.69) is 26.1 Å². The smallest absolute Gasteiger partial charge is 0.404 e. The second kappa shape index (κ2) is 5.86. The van der Waals surface area contributed by atoms with Gasteiger partial charge < -0.3 is 10.4 Å². The van der Waals surface area contributed by atoms with Crippen LogP contribution in [0.1, 0.15) is 33.6 Å². The fourth-order valence-corrected chi connectivity index (χ4v) is 1.30. The van der Waals surface area contributed by atoms with Crippen LogP contribution in [0.2, 0.25) is 0 Å². The third-order valence-electron chi connectivity index (χ3n) is 2.49. The maximum absolute atomic E-state index is 10.2. The van der Waals surface area contributed by atoms with Gasteiger partial charge >= 0.3 is 6.09 Å². The first kappa shape index (κ1) is 11.3. The molecule has 3 heteroatoms. The minimum atomic E-state index is -0.920. The van der Waals surface area contributed by atoms with Crippen LogP contribution in [0.3, 0.4) is 0 Å². The largest absolute Gasteiger partial charge is 0.465 e. The Balaban J connectivity index is 3.74. The lowest BCUT2D eigenvalue weighted by atomic mass is 9.90. The van der Waals surface area contributed by atoms with Gasteiger partial charge in [-0.05, 0) is 11.8 Å². The van der Waals surface area contributed by atoms with Gasteiger partial charge in [0.2, 0.25) is 0 Å². The third-order valence-corrected chi connectivity index (χ3v) is 2.49. The number of nitrogens with one attached hydrogen (secondary N) is 1. The SMILES string of the molecule is CCC(C)C(CC)CNC(=O)O. The highest BCUT2D eigenvalue weighted by atomic mass is 16.4. The second-order valence-corrected chi connectivity index (χ2v) is 3.24. The molecule has 1 amide bonds. The van der Waals surface area contributed by atoms with Crippen molar-refractivity contribution in [2.24, 2.45) is 11.8 Å². The van der Waals surface area contributed by atoms with Crippen LogP contribution in [0.4, 0.5) is 4.79 Å². The molecule has 0 bridgehead atoms. The van der Waals surface area contributed by atoms with Crippen LogP contribution in [-0.2, 0) is 0 Å². The van der Waals surface area contributed by atoms with Gasteiger partial charge in [0.05, 0.1) is 0 Å². The molecule has 0 rings (SSSR count). The summed E-state index contributed by atoms with van der Waals surface area (Å²) in [6, 6.07) is 0. The minimum Gasteiger partial charge on any atom is -0.465 e. The van der Waals surface area contributed by atoms with E-state index in [1.807, 2.05) is 0 Å². The zero-order valence-electron chi connectivity index (χ0n) is 8.13. The molecule has 72 valence electrons. The topological polar surface area (TPSA) is 49.3 Å². The van der Waals surface area contributed by atoms with Crippen molar-refractivity contribution in [1.29, 1.82) is 0 Å². The van der Waals surface area contributed by atoms with Crippen molar-refractivity contribution in [1.82, 2.24) is 5.32 Å². The average molecular weight is 173 g/mol. The van der Waals surface area contributed by atoms with E-state index in [9.17, 15) is 4.79 Å². The van der Waals surface area contributed by atoms with Gasteiger partial charge in [-0.3, -0.25) is 0 Å². The molecule has 0 fully saturated rings. The lowest BCUT2D eigenvalue weighted by molar-refractivity contribution is 0.189. The first-order chi connectivity index (χ1) is 5.61. The van der Waals surface area contributed by atoms with Crippen LogP contribution in [0.15, 0.2) is 0 Å². The molecule has 0 aromatic carbocycles. The predicted octanol–water partition coefficient (Wildman–Crippen LogP) is 2.33. The van der Waals surface area contributed by atoms with Gasteiger partial charge in [-0.1, -0.05) is 33.6 Å². The summed E-state index contributed by atoms with van der Waals surface area (Å²) in [5.74, 6) is 1.08. The molecular weight excluding hydrogens is 154 g/mol. The molecule has 0 aromatic heterocycles. The molecule has 2 N–H and O–H groups in total. The first-order valence-corrected chi connectivity index (χ1v) is 4.58. The van der Waals surface area contributed by atoms with Crippen molar-refractivity contribution in [2.75, 3.05) is 6.54 Å². The predicted molar refractivity (Wildman–Crippen MR) is 49.3 cm³/mol. The fourth-order valence-electron chi connectivity index (χ4n) is 1.30. The van der Waals surface area contributed by atoms with E-state index in [0.717, 1.165) is 12.8 Å². The van der Waals surface area contributed by atoms with Crippen molar-refractivity contribution < 1.29 is 9.90 Å².